The van der Waals surface area contributed by atoms with E-state index < -0.39 is 0 Å². The number of nitrogens with one attached hydrogen (secondary N) is 1. The number of carbonyl (C=O) groups is 1. The van der Waals surface area contributed by atoms with Gasteiger partial charge in [-0.3, -0.25) is 4.79 Å². The van der Waals surface area contributed by atoms with Crippen LogP contribution in [0, 0.1) is 11.8 Å². The van der Waals surface area contributed by atoms with E-state index in [1.165, 1.54) is 12.8 Å². The fourth-order valence-electron chi connectivity index (χ4n) is 1.70. The molecule has 0 heterocycles. The van der Waals surface area contributed by atoms with Gasteiger partial charge in [0.25, 0.3) is 0 Å². The summed E-state index contributed by atoms with van der Waals surface area (Å²) >= 11 is 0. The molecule has 3 unspecified atom stereocenters. The van der Waals surface area contributed by atoms with Crippen LogP contribution in [0.15, 0.2) is 0 Å². The van der Waals surface area contributed by atoms with Crippen LogP contribution < -0.4 is 11.1 Å². The maximum atomic E-state index is 11.5. The first-order valence-electron chi connectivity index (χ1n) is 5.62. The van der Waals surface area contributed by atoms with Crippen LogP contribution in [0.4, 0.5) is 0 Å². The number of amides is 1. The zero-order valence-corrected chi connectivity index (χ0v) is 9.42. The van der Waals surface area contributed by atoms with Gasteiger partial charge in [-0.25, -0.2) is 0 Å². The molecule has 0 saturated heterocycles. The highest BCUT2D eigenvalue weighted by atomic mass is 16.2. The van der Waals surface area contributed by atoms with Gasteiger partial charge in [0, 0.05) is 6.04 Å². The molecule has 1 rings (SSSR count). The van der Waals surface area contributed by atoms with E-state index in [2.05, 4.69) is 12.2 Å². The van der Waals surface area contributed by atoms with Crippen molar-refractivity contribution in [3.8, 4) is 0 Å². The maximum absolute atomic E-state index is 11.5. The molecule has 1 amide bonds. The third-order valence-corrected chi connectivity index (χ3v) is 2.93. The summed E-state index contributed by atoms with van der Waals surface area (Å²) in [4.78, 5) is 11.5. The van der Waals surface area contributed by atoms with E-state index in [0.717, 1.165) is 6.42 Å². The van der Waals surface area contributed by atoms with Gasteiger partial charge in [0.15, 0.2) is 0 Å². The average Bonchev–Trinajstić information content (AvgIpc) is 2.82. The number of hydrogen-bond donors (Lipinski definition) is 2. The Morgan fingerprint density at radius 1 is 1.57 bits per heavy atom. The van der Waals surface area contributed by atoms with Crippen LogP contribution in [0.2, 0.25) is 0 Å². The highest BCUT2D eigenvalue weighted by Crippen LogP contribution is 2.34. The van der Waals surface area contributed by atoms with Crippen molar-refractivity contribution in [2.75, 3.05) is 0 Å². The lowest BCUT2D eigenvalue weighted by Crippen LogP contribution is -2.45. The van der Waals surface area contributed by atoms with E-state index >= 15 is 0 Å². The van der Waals surface area contributed by atoms with Crippen LogP contribution in [0.25, 0.3) is 0 Å². The molecule has 82 valence electrons. The summed E-state index contributed by atoms with van der Waals surface area (Å²) < 4.78 is 0. The smallest absolute Gasteiger partial charge is 0.237 e. The molecular formula is C11H22N2O. The van der Waals surface area contributed by atoms with Crippen LogP contribution >= 0.6 is 0 Å². The minimum atomic E-state index is -0.349. The van der Waals surface area contributed by atoms with Gasteiger partial charge in [-0.15, -0.1) is 0 Å². The van der Waals surface area contributed by atoms with Gasteiger partial charge in [-0.05, 0) is 24.7 Å². The molecule has 0 radical (unpaired) electrons. The Morgan fingerprint density at radius 2 is 2.21 bits per heavy atom. The average molecular weight is 198 g/mol. The third-order valence-electron chi connectivity index (χ3n) is 2.93. The van der Waals surface area contributed by atoms with E-state index in [-0.39, 0.29) is 17.9 Å². The van der Waals surface area contributed by atoms with Crippen LogP contribution in [0.5, 0.6) is 0 Å². The van der Waals surface area contributed by atoms with Crippen molar-refractivity contribution in [3.63, 3.8) is 0 Å². The minimum Gasteiger partial charge on any atom is -0.352 e. The lowest BCUT2D eigenvalue weighted by atomic mass is 10.1. The lowest BCUT2D eigenvalue weighted by Gasteiger charge is -2.15. The second kappa shape index (κ2) is 4.78. The molecule has 1 fully saturated rings. The van der Waals surface area contributed by atoms with Crippen molar-refractivity contribution in [2.24, 2.45) is 17.6 Å². The summed E-state index contributed by atoms with van der Waals surface area (Å²) in [5.74, 6) is 0.949. The van der Waals surface area contributed by atoms with Crippen LogP contribution in [-0.2, 0) is 4.79 Å². The molecular weight excluding hydrogens is 176 g/mol. The van der Waals surface area contributed by atoms with E-state index in [1.807, 2.05) is 13.8 Å². The predicted octanol–water partition coefficient (Wildman–Crippen LogP) is 1.27. The molecule has 3 N–H and O–H groups in total. The lowest BCUT2D eigenvalue weighted by molar-refractivity contribution is -0.123. The highest BCUT2D eigenvalue weighted by molar-refractivity contribution is 5.82. The van der Waals surface area contributed by atoms with Crippen molar-refractivity contribution in [1.82, 2.24) is 5.32 Å². The Kier molecular flexibility index (Phi) is 3.93. The Labute approximate surface area is 86.4 Å². The van der Waals surface area contributed by atoms with Crippen LogP contribution in [0.1, 0.15) is 40.0 Å². The molecule has 1 aliphatic carbocycles. The van der Waals surface area contributed by atoms with Crippen LogP contribution in [-0.4, -0.2) is 18.0 Å². The van der Waals surface area contributed by atoms with E-state index in [9.17, 15) is 4.79 Å². The molecule has 1 aliphatic rings. The van der Waals surface area contributed by atoms with Crippen molar-refractivity contribution < 1.29 is 4.79 Å². The number of nitrogens with two attached hydrogens (primary N) is 1. The van der Waals surface area contributed by atoms with E-state index in [0.29, 0.717) is 12.0 Å². The van der Waals surface area contributed by atoms with Gasteiger partial charge in [-0.2, -0.15) is 0 Å². The molecule has 0 aromatic carbocycles. The van der Waals surface area contributed by atoms with Gasteiger partial charge < -0.3 is 11.1 Å². The second-order valence-corrected chi connectivity index (χ2v) is 4.67. The summed E-state index contributed by atoms with van der Waals surface area (Å²) in [6.45, 7) is 6.12. The van der Waals surface area contributed by atoms with Crippen molar-refractivity contribution in [1.29, 1.82) is 0 Å². The van der Waals surface area contributed by atoms with Gasteiger partial charge >= 0.3 is 0 Å². The molecule has 0 aromatic heterocycles. The molecule has 1 saturated carbocycles. The first kappa shape index (κ1) is 11.5. The van der Waals surface area contributed by atoms with Gasteiger partial charge in [0.05, 0.1) is 6.04 Å². The normalized spacial score (nSPS) is 27.5. The SMILES string of the molecule is CCCC1CC1NC(=O)C(N)C(C)C. The Bertz CT molecular complexity index is 203. The summed E-state index contributed by atoms with van der Waals surface area (Å²) in [5.41, 5.74) is 5.74. The molecule has 14 heavy (non-hydrogen) atoms. The predicted molar refractivity (Wildman–Crippen MR) is 57.8 cm³/mol. The Balaban J connectivity index is 2.23. The topological polar surface area (TPSA) is 55.1 Å². The maximum Gasteiger partial charge on any atom is 0.237 e. The fourth-order valence-corrected chi connectivity index (χ4v) is 1.70. The summed E-state index contributed by atoms with van der Waals surface area (Å²) in [6, 6.07) is 0.0603. The summed E-state index contributed by atoms with van der Waals surface area (Å²) in [5, 5.41) is 3.01. The quantitative estimate of drug-likeness (QED) is 0.699. The molecule has 3 heteroatoms. The Morgan fingerprint density at radius 3 is 2.71 bits per heavy atom. The molecule has 3 atom stereocenters. The molecule has 3 nitrogen and oxygen atoms in total. The molecule has 0 aliphatic heterocycles. The fraction of sp³-hybridized carbons (Fsp3) is 0.909. The van der Waals surface area contributed by atoms with Crippen molar-refractivity contribution in [3.05, 3.63) is 0 Å². The summed E-state index contributed by atoms with van der Waals surface area (Å²) in [6.07, 6.45) is 3.57. The number of carbonyl (C=O) groups excluding carboxylic acids is 1. The highest BCUT2D eigenvalue weighted by Gasteiger charge is 2.38. The Hall–Kier alpha value is -0.570. The van der Waals surface area contributed by atoms with Crippen LogP contribution in [0.3, 0.4) is 0 Å². The van der Waals surface area contributed by atoms with Gasteiger partial charge in [-0.1, -0.05) is 27.2 Å². The zero-order valence-electron chi connectivity index (χ0n) is 9.42. The van der Waals surface area contributed by atoms with Gasteiger partial charge in [0.1, 0.15) is 0 Å². The standard InChI is InChI=1S/C11H22N2O/c1-4-5-8-6-9(8)13-11(14)10(12)7(2)3/h7-10H,4-6,12H2,1-3H3,(H,13,14). The first-order chi connectivity index (χ1) is 6.56. The first-order valence-corrected chi connectivity index (χ1v) is 5.62. The monoisotopic (exact) mass is 198 g/mol. The van der Waals surface area contributed by atoms with Gasteiger partial charge in [0.2, 0.25) is 5.91 Å². The molecule has 0 spiro atoms. The zero-order chi connectivity index (χ0) is 10.7. The number of hydrogen-bond acceptors (Lipinski definition) is 2. The summed E-state index contributed by atoms with van der Waals surface area (Å²) in [7, 11) is 0. The largest absolute Gasteiger partial charge is 0.352 e. The minimum absolute atomic E-state index is 0.0172. The number of rotatable bonds is 5. The van der Waals surface area contributed by atoms with Crippen molar-refractivity contribution in [2.45, 2.75) is 52.1 Å². The third kappa shape index (κ3) is 2.98. The second-order valence-electron chi connectivity index (χ2n) is 4.67. The molecule has 0 aromatic rings. The van der Waals surface area contributed by atoms with E-state index in [4.69, 9.17) is 5.73 Å². The molecule has 0 bridgehead atoms. The van der Waals surface area contributed by atoms with Crippen molar-refractivity contribution >= 4 is 5.91 Å². The van der Waals surface area contributed by atoms with E-state index in [1.54, 1.807) is 0 Å².